The van der Waals surface area contributed by atoms with Gasteiger partial charge in [0, 0.05) is 21.1 Å². The molecule has 0 aliphatic heterocycles. The molecular weight excluding hydrogens is 472 g/mol. The Balaban J connectivity index is 2.02. The lowest BCUT2D eigenvalue weighted by Crippen LogP contribution is -2.12. The molecule has 1 amide bonds. The maximum absolute atomic E-state index is 11.8. The third-order valence-electron chi connectivity index (χ3n) is 3.94. The van der Waals surface area contributed by atoms with Crippen LogP contribution in [0.4, 0.5) is 5.00 Å². The number of carbonyl (C=O) groups is 1. The molecular formula is C17H16Br2N2O3S. The van der Waals surface area contributed by atoms with Crippen molar-refractivity contribution in [3.8, 4) is 11.5 Å². The van der Waals surface area contributed by atoms with Crippen molar-refractivity contribution >= 4 is 60.3 Å². The van der Waals surface area contributed by atoms with Crippen LogP contribution in [0.1, 0.15) is 39.7 Å². The molecule has 25 heavy (non-hydrogen) atoms. The Kier molecular flexibility index (Phi) is 5.50. The van der Waals surface area contributed by atoms with Crippen molar-refractivity contribution in [1.82, 2.24) is 0 Å². The van der Waals surface area contributed by atoms with Gasteiger partial charge in [-0.25, -0.2) is 4.99 Å². The third-order valence-corrected chi connectivity index (χ3v) is 7.30. The number of aliphatic imine (C=N–C) groups is 1. The molecule has 1 aliphatic rings. The fourth-order valence-corrected chi connectivity index (χ4v) is 4.90. The zero-order chi connectivity index (χ0) is 18.1. The third kappa shape index (κ3) is 3.47. The minimum Gasteiger partial charge on any atom is -0.503 e. The standard InChI is InChI=1S/C17H16Br2N2O3S/c1-2-24-10-6-8(13(18)14(19)15(10)22)7-21-17-12(16(20)23)9-4-3-5-11(9)25-17/h6-7,22H,2-5H2,1H3,(H2,20,23). The second-order valence-corrected chi connectivity index (χ2v) is 8.20. The van der Waals surface area contributed by atoms with Gasteiger partial charge in [-0.05, 0) is 69.7 Å². The van der Waals surface area contributed by atoms with Crippen molar-refractivity contribution in [2.24, 2.45) is 10.7 Å². The number of primary amides is 1. The number of aryl methyl sites for hydroxylation is 1. The normalized spacial score (nSPS) is 13.4. The fourth-order valence-electron chi connectivity index (χ4n) is 2.83. The molecule has 1 aliphatic carbocycles. The number of phenols is 1. The van der Waals surface area contributed by atoms with Crippen LogP contribution in [0.5, 0.6) is 11.5 Å². The highest BCUT2D eigenvalue weighted by molar-refractivity contribution is 9.13. The topological polar surface area (TPSA) is 84.9 Å². The molecule has 3 rings (SSSR count). The van der Waals surface area contributed by atoms with E-state index in [9.17, 15) is 9.90 Å². The Bertz CT molecular complexity index is 878. The number of halogens is 2. The van der Waals surface area contributed by atoms with Gasteiger partial charge >= 0.3 is 0 Å². The van der Waals surface area contributed by atoms with E-state index in [0.29, 0.717) is 31.9 Å². The molecule has 8 heteroatoms. The minimum atomic E-state index is -0.437. The number of benzene rings is 1. The highest BCUT2D eigenvalue weighted by Gasteiger charge is 2.25. The smallest absolute Gasteiger partial charge is 0.252 e. The second-order valence-electron chi connectivity index (χ2n) is 5.53. The number of fused-ring (bicyclic) bond motifs is 1. The molecule has 132 valence electrons. The summed E-state index contributed by atoms with van der Waals surface area (Å²) < 4.78 is 6.59. The Hall–Kier alpha value is -1.38. The Morgan fingerprint density at radius 3 is 2.88 bits per heavy atom. The maximum atomic E-state index is 11.8. The van der Waals surface area contributed by atoms with E-state index in [-0.39, 0.29) is 5.75 Å². The van der Waals surface area contributed by atoms with Crippen LogP contribution >= 0.6 is 43.2 Å². The van der Waals surface area contributed by atoms with Crippen LogP contribution in [-0.4, -0.2) is 23.8 Å². The van der Waals surface area contributed by atoms with Gasteiger partial charge in [-0.15, -0.1) is 11.3 Å². The lowest BCUT2D eigenvalue weighted by atomic mass is 10.1. The van der Waals surface area contributed by atoms with Gasteiger partial charge in [0.25, 0.3) is 5.91 Å². The number of nitrogens with two attached hydrogens (primary N) is 1. The molecule has 3 N–H and O–H groups in total. The first-order chi connectivity index (χ1) is 11.9. The van der Waals surface area contributed by atoms with E-state index in [1.807, 2.05) is 6.92 Å². The quantitative estimate of drug-likeness (QED) is 0.598. The Morgan fingerprint density at radius 1 is 1.44 bits per heavy atom. The number of thiophene rings is 1. The summed E-state index contributed by atoms with van der Waals surface area (Å²) in [5, 5.41) is 10.7. The summed E-state index contributed by atoms with van der Waals surface area (Å²) in [6, 6.07) is 1.70. The average molecular weight is 488 g/mol. The maximum Gasteiger partial charge on any atom is 0.252 e. The number of phenolic OH excluding ortho intramolecular Hbond substituents is 1. The van der Waals surface area contributed by atoms with Gasteiger partial charge < -0.3 is 15.6 Å². The van der Waals surface area contributed by atoms with Crippen molar-refractivity contribution in [3.05, 3.63) is 36.6 Å². The highest BCUT2D eigenvalue weighted by atomic mass is 79.9. The SMILES string of the molecule is CCOc1cc(C=Nc2sc3c(c2C(N)=O)CCC3)c(Br)c(Br)c1O. The van der Waals surface area contributed by atoms with Crippen molar-refractivity contribution in [2.45, 2.75) is 26.2 Å². The van der Waals surface area contributed by atoms with Crippen LogP contribution in [0.15, 0.2) is 20.0 Å². The van der Waals surface area contributed by atoms with Crippen LogP contribution in [0.25, 0.3) is 0 Å². The molecule has 1 aromatic heterocycles. The zero-order valence-electron chi connectivity index (χ0n) is 13.4. The van der Waals surface area contributed by atoms with Crippen LogP contribution in [-0.2, 0) is 12.8 Å². The van der Waals surface area contributed by atoms with E-state index in [1.165, 1.54) is 16.2 Å². The molecule has 0 atom stereocenters. The summed E-state index contributed by atoms with van der Waals surface area (Å²) in [7, 11) is 0. The fraction of sp³-hybridized carbons (Fsp3) is 0.294. The largest absolute Gasteiger partial charge is 0.503 e. The molecule has 0 fully saturated rings. The molecule has 0 radical (unpaired) electrons. The number of rotatable bonds is 5. The lowest BCUT2D eigenvalue weighted by Gasteiger charge is -2.10. The molecule has 1 heterocycles. The summed E-state index contributed by atoms with van der Waals surface area (Å²) in [6.07, 6.45) is 4.55. The monoisotopic (exact) mass is 486 g/mol. The number of ether oxygens (including phenoxy) is 1. The first-order valence-electron chi connectivity index (χ1n) is 7.76. The molecule has 0 unspecified atom stereocenters. The van der Waals surface area contributed by atoms with Gasteiger partial charge in [-0.1, -0.05) is 0 Å². The Labute approximate surface area is 166 Å². The van der Waals surface area contributed by atoms with E-state index in [1.54, 1.807) is 12.3 Å². The number of aromatic hydroxyl groups is 1. The first kappa shape index (κ1) is 18.4. The number of nitrogens with zero attached hydrogens (tertiary/aromatic N) is 1. The molecule has 0 bridgehead atoms. The minimum absolute atomic E-state index is 0.0267. The molecule has 0 saturated carbocycles. The number of amides is 1. The summed E-state index contributed by atoms with van der Waals surface area (Å²) in [5.74, 6) is -0.0471. The molecule has 1 aromatic carbocycles. The van der Waals surface area contributed by atoms with E-state index in [2.05, 4.69) is 36.9 Å². The zero-order valence-corrected chi connectivity index (χ0v) is 17.4. The van der Waals surface area contributed by atoms with Crippen molar-refractivity contribution < 1.29 is 14.6 Å². The summed E-state index contributed by atoms with van der Waals surface area (Å²) in [5.41, 5.74) is 7.86. The Morgan fingerprint density at radius 2 is 2.20 bits per heavy atom. The highest BCUT2D eigenvalue weighted by Crippen LogP contribution is 2.43. The van der Waals surface area contributed by atoms with Crippen molar-refractivity contribution in [2.75, 3.05) is 6.61 Å². The van der Waals surface area contributed by atoms with Gasteiger partial charge in [0.2, 0.25) is 0 Å². The van der Waals surface area contributed by atoms with E-state index in [4.69, 9.17) is 10.5 Å². The summed E-state index contributed by atoms with van der Waals surface area (Å²) in [4.78, 5) is 17.5. The van der Waals surface area contributed by atoms with Crippen molar-refractivity contribution in [3.63, 3.8) is 0 Å². The van der Waals surface area contributed by atoms with Gasteiger partial charge in [-0.3, -0.25) is 4.79 Å². The molecule has 5 nitrogen and oxygen atoms in total. The number of hydrogen-bond donors (Lipinski definition) is 2. The van der Waals surface area contributed by atoms with Gasteiger partial charge in [0.15, 0.2) is 11.5 Å². The summed E-state index contributed by atoms with van der Waals surface area (Å²) >= 11 is 8.30. The predicted molar refractivity (Wildman–Crippen MR) is 107 cm³/mol. The predicted octanol–water partition coefficient (Wildman–Crippen LogP) is 4.72. The van der Waals surface area contributed by atoms with Gasteiger partial charge in [0.05, 0.1) is 16.6 Å². The molecule has 0 spiro atoms. The van der Waals surface area contributed by atoms with E-state index >= 15 is 0 Å². The van der Waals surface area contributed by atoms with E-state index < -0.39 is 5.91 Å². The number of hydrogen-bond acceptors (Lipinski definition) is 5. The van der Waals surface area contributed by atoms with Crippen LogP contribution in [0, 0.1) is 0 Å². The lowest BCUT2D eigenvalue weighted by molar-refractivity contribution is 0.100. The van der Waals surface area contributed by atoms with Gasteiger partial charge in [-0.2, -0.15) is 0 Å². The first-order valence-corrected chi connectivity index (χ1v) is 10.2. The number of carbonyl (C=O) groups excluding carboxylic acids is 1. The van der Waals surface area contributed by atoms with E-state index in [0.717, 1.165) is 30.4 Å². The van der Waals surface area contributed by atoms with Crippen LogP contribution < -0.4 is 10.5 Å². The van der Waals surface area contributed by atoms with Gasteiger partial charge in [0.1, 0.15) is 5.00 Å². The average Bonchev–Trinajstić information content (AvgIpc) is 3.14. The van der Waals surface area contributed by atoms with Crippen molar-refractivity contribution in [1.29, 1.82) is 0 Å². The van der Waals surface area contributed by atoms with Crippen LogP contribution in [0.3, 0.4) is 0 Å². The second kappa shape index (κ2) is 7.47. The van der Waals surface area contributed by atoms with Crippen LogP contribution in [0.2, 0.25) is 0 Å². The molecule has 0 saturated heterocycles. The summed E-state index contributed by atoms with van der Waals surface area (Å²) in [6.45, 7) is 2.27. The molecule has 2 aromatic rings.